The van der Waals surface area contributed by atoms with E-state index in [1.165, 1.54) is 6.20 Å². The van der Waals surface area contributed by atoms with E-state index in [4.69, 9.17) is 9.47 Å². The Morgan fingerprint density at radius 2 is 2.03 bits per heavy atom. The van der Waals surface area contributed by atoms with E-state index in [1.54, 1.807) is 6.07 Å². The van der Waals surface area contributed by atoms with Crippen LogP contribution in [-0.2, 0) is 22.7 Å². The number of carboxylic acids is 1. The number of anilines is 1. The summed E-state index contributed by atoms with van der Waals surface area (Å²) in [5.74, 6) is 0.138. The second kappa shape index (κ2) is 7.43. The highest BCUT2D eigenvalue weighted by atomic mass is 16.5. The molecule has 2 N–H and O–H groups in total. The number of hydrogen-bond donors (Lipinski definition) is 2. The first-order valence-corrected chi connectivity index (χ1v) is 10.9. The van der Waals surface area contributed by atoms with Gasteiger partial charge in [-0.25, -0.2) is 9.78 Å². The molecule has 0 unspecified atom stereocenters. The normalized spacial score (nSPS) is 17.9. The molecular formula is C24H23N3O5. The lowest BCUT2D eigenvalue weighted by atomic mass is 9.95. The van der Waals surface area contributed by atoms with Crippen LogP contribution < -0.4 is 10.7 Å². The van der Waals surface area contributed by atoms with Gasteiger partial charge < -0.3 is 24.5 Å². The minimum absolute atomic E-state index is 0.187. The molecule has 0 spiro atoms. The second-order valence-electron chi connectivity index (χ2n) is 8.81. The molecule has 1 aliphatic carbocycles. The summed E-state index contributed by atoms with van der Waals surface area (Å²) in [6.07, 6.45) is 5.31. The molecule has 8 heteroatoms. The summed E-state index contributed by atoms with van der Waals surface area (Å²) < 4.78 is 13.2. The largest absolute Gasteiger partial charge is 0.477 e. The molecular weight excluding hydrogens is 410 g/mol. The molecule has 3 aromatic rings. The number of benzene rings is 1. The van der Waals surface area contributed by atoms with E-state index in [0.29, 0.717) is 24.5 Å². The number of aromatic carboxylic acids is 1. The Balaban J connectivity index is 1.48. The lowest BCUT2D eigenvalue weighted by molar-refractivity contribution is -0.0248. The monoisotopic (exact) mass is 433 g/mol. The summed E-state index contributed by atoms with van der Waals surface area (Å²) in [6.45, 7) is 3.19. The van der Waals surface area contributed by atoms with Crippen molar-refractivity contribution in [2.24, 2.45) is 5.92 Å². The summed E-state index contributed by atoms with van der Waals surface area (Å²) in [7, 11) is 0. The molecule has 0 amide bonds. The van der Waals surface area contributed by atoms with Gasteiger partial charge in [0.25, 0.3) is 0 Å². The van der Waals surface area contributed by atoms with Crippen LogP contribution in [0, 0.1) is 5.92 Å². The van der Waals surface area contributed by atoms with Crippen molar-refractivity contribution >= 4 is 22.7 Å². The third-order valence-electron chi connectivity index (χ3n) is 6.53. The molecule has 1 aromatic carbocycles. The first-order chi connectivity index (χ1) is 15.6. The molecule has 1 saturated carbocycles. The molecule has 164 valence electrons. The summed E-state index contributed by atoms with van der Waals surface area (Å²) in [4.78, 5) is 29.2. The van der Waals surface area contributed by atoms with Crippen molar-refractivity contribution in [3.8, 4) is 11.1 Å². The van der Waals surface area contributed by atoms with Gasteiger partial charge in [0.05, 0.1) is 31.9 Å². The first-order valence-electron chi connectivity index (χ1n) is 10.9. The predicted octanol–water partition coefficient (Wildman–Crippen LogP) is 3.19. The molecule has 6 rings (SSSR count). The van der Waals surface area contributed by atoms with Crippen molar-refractivity contribution in [2.75, 3.05) is 25.1 Å². The van der Waals surface area contributed by atoms with Gasteiger partial charge in [-0.05, 0) is 36.1 Å². The quantitative estimate of drug-likeness (QED) is 0.637. The van der Waals surface area contributed by atoms with Crippen LogP contribution in [0.1, 0.15) is 40.4 Å². The van der Waals surface area contributed by atoms with Gasteiger partial charge in [0.1, 0.15) is 11.4 Å². The fourth-order valence-corrected chi connectivity index (χ4v) is 4.58. The van der Waals surface area contributed by atoms with Gasteiger partial charge in [0.2, 0.25) is 5.43 Å². The number of nitrogens with zero attached hydrogens (tertiary/aromatic N) is 2. The Hall–Kier alpha value is -3.23. The average molecular weight is 433 g/mol. The van der Waals surface area contributed by atoms with Gasteiger partial charge in [-0.2, -0.15) is 0 Å². The van der Waals surface area contributed by atoms with E-state index >= 15 is 0 Å². The summed E-state index contributed by atoms with van der Waals surface area (Å²) in [5, 5.41) is 13.3. The number of ether oxygens (including phenoxy) is 2. The second-order valence-corrected chi connectivity index (χ2v) is 8.81. The van der Waals surface area contributed by atoms with Crippen LogP contribution in [-0.4, -0.2) is 40.4 Å². The van der Waals surface area contributed by atoms with Crippen LogP contribution >= 0.6 is 0 Å². The van der Waals surface area contributed by atoms with Gasteiger partial charge in [-0.15, -0.1) is 0 Å². The number of carboxylic acid groups (broad SMARTS) is 1. The minimum Gasteiger partial charge on any atom is -0.477 e. The standard InChI is InChI=1S/C24H23N3O5/c28-23-17-4-3-16-18-7-26-21(25-6-13-9-31-10-13)5-14(18)11-32-12-20(16)22(17)27(15-1-2-15)8-19(23)24(29)30/h3-5,7-8,13,15H,1-2,6,9-12H2,(H,25,26)(H,29,30). The molecule has 4 heterocycles. The molecule has 0 radical (unpaired) electrons. The molecule has 3 aliphatic rings. The Labute approximate surface area is 183 Å². The molecule has 32 heavy (non-hydrogen) atoms. The van der Waals surface area contributed by atoms with Crippen LogP contribution in [0.5, 0.6) is 0 Å². The van der Waals surface area contributed by atoms with E-state index in [1.807, 2.05) is 22.9 Å². The van der Waals surface area contributed by atoms with Crippen LogP contribution in [0.25, 0.3) is 22.0 Å². The van der Waals surface area contributed by atoms with Crippen LogP contribution in [0.4, 0.5) is 5.82 Å². The summed E-state index contributed by atoms with van der Waals surface area (Å²) in [6, 6.07) is 5.89. The molecule has 2 aliphatic heterocycles. The van der Waals surface area contributed by atoms with Crippen molar-refractivity contribution in [2.45, 2.75) is 32.1 Å². The van der Waals surface area contributed by atoms with E-state index in [9.17, 15) is 14.7 Å². The number of rotatable bonds is 5. The number of nitrogens with one attached hydrogen (secondary N) is 1. The van der Waals surface area contributed by atoms with Gasteiger partial charge in [0.15, 0.2) is 0 Å². The zero-order valence-electron chi connectivity index (χ0n) is 17.5. The maximum atomic E-state index is 12.9. The molecule has 2 aromatic heterocycles. The van der Waals surface area contributed by atoms with Crippen molar-refractivity contribution in [1.29, 1.82) is 0 Å². The van der Waals surface area contributed by atoms with E-state index in [2.05, 4.69) is 10.3 Å². The summed E-state index contributed by atoms with van der Waals surface area (Å²) in [5.41, 5.74) is 4.05. The highest BCUT2D eigenvalue weighted by Crippen LogP contribution is 2.41. The van der Waals surface area contributed by atoms with Crippen molar-refractivity contribution in [3.05, 3.63) is 57.5 Å². The van der Waals surface area contributed by atoms with Crippen molar-refractivity contribution in [1.82, 2.24) is 9.55 Å². The summed E-state index contributed by atoms with van der Waals surface area (Å²) >= 11 is 0. The maximum Gasteiger partial charge on any atom is 0.341 e. The Bertz CT molecular complexity index is 1310. The minimum atomic E-state index is -1.19. The van der Waals surface area contributed by atoms with Gasteiger partial charge >= 0.3 is 5.97 Å². The Morgan fingerprint density at radius 3 is 2.75 bits per heavy atom. The predicted molar refractivity (Wildman–Crippen MR) is 118 cm³/mol. The average Bonchev–Trinajstić information content (AvgIpc) is 3.59. The van der Waals surface area contributed by atoms with Crippen molar-refractivity contribution < 1.29 is 19.4 Å². The third kappa shape index (κ3) is 3.18. The SMILES string of the molecule is O=C(O)c1cn(C2CC2)c2c3c(ccc2c1=O)-c1cnc(NCC2COC2)cc1COC3. The lowest BCUT2D eigenvalue weighted by Crippen LogP contribution is -2.33. The first kappa shape index (κ1) is 19.5. The number of aromatic nitrogens is 2. The van der Waals surface area contributed by atoms with Crippen LogP contribution in [0.15, 0.2) is 35.4 Å². The smallest absolute Gasteiger partial charge is 0.341 e. The zero-order valence-corrected chi connectivity index (χ0v) is 17.5. The van der Waals surface area contributed by atoms with Gasteiger partial charge in [-0.1, -0.05) is 6.07 Å². The van der Waals surface area contributed by atoms with Gasteiger partial charge in [-0.3, -0.25) is 4.79 Å². The number of fused-ring (bicyclic) bond motifs is 5. The van der Waals surface area contributed by atoms with E-state index in [-0.39, 0.29) is 11.6 Å². The number of carbonyl (C=O) groups is 1. The van der Waals surface area contributed by atoms with Crippen LogP contribution in [0.3, 0.4) is 0 Å². The van der Waals surface area contributed by atoms with E-state index in [0.717, 1.165) is 66.2 Å². The fraction of sp³-hybridized carbons (Fsp3) is 0.375. The highest BCUT2D eigenvalue weighted by molar-refractivity contribution is 5.96. The Kier molecular flexibility index (Phi) is 4.51. The molecule has 8 nitrogen and oxygen atoms in total. The molecule has 1 saturated heterocycles. The molecule has 0 bridgehead atoms. The van der Waals surface area contributed by atoms with Gasteiger partial charge in [0, 0.05) is 47.4 Å². The lowest BCUT2D eigenvalue weighted by Gasteiger charge is -2.26. The molecule has 0 atom stereocenters. The molecule has 2 fully saturated rings. The fourth-order valence-electron chi connectivity index (χ4n) is 4.58. The van der Waals surface area contributed by atoms with Crippen molar-refractivity contribution in [3.63, 3.8) is 0 Å². The third-order valence-corrected chi connectivity index (χ3v) is 6.53. The van der Waals surface area contributed by atoms with Crippen LogP contribution in [0.2, 0.25) is 0 Å². The highest BCUT2D eigenvalue weighted by Gasteiger charge is 2.29. The maximum absolute atomic E-state index is 12.9. The zero-order chi connectivity index (χ0) is 21.8. The number of hydrogen-bond acceptors (Lipinski definition) is 6. The topological polar surface area (TPSA) is 103 Å². The Morgan fingerprint density at radius 1 is 1.19 bits per heavy atom. The number of pyridine rings is 2. The van der Waals surface area contributed by atoms with E-state index < -0.39 is 11.4 Å².